The molecule has 0 bridgehead atoms. The molecule has 0 saturated carbocycles. The molecule has 0 fully saturated rings. The summed E-state index contributed by atoms with van der Waals surface area (Å²) in [5, 5.41) is 0. The number of carbonyl (C=O) groups is 1. The largest absolute Gasteiger partial charge is 0.420 e. The Morgan fingerprint density at radius 1 is 1.14 bits per heavy atom. The molecule has 0 radical (unpaired) electrons. The SMILES string of the molecule is CCCOC(C)(C)CC(=O)Oc1c(F)c(F)cc(F)c1F. The molecule has 21 heavy (non-hydrogen) atoms. The Kier molecular flexibility index (Phi) is 5.71. The van der Waals surface area contributed by atoms with E-state index in [4.69, 9.17) is 4.74 Å². The average molecular weight is 308 g/mol. The Morgan fingerprint density at radius 3 is 2.14 bits per heavy atom. The Hall–Kier alpha value is -1.63. The molecule has 0 heterocycles. The zero-order chi connectivity index (χ0) is 16.2. The summed E-state index contributed by atoms with van der Waals surface area (Å²) >= 11 is 0. The van der Waals surface area contributed by atoms with E-state index in [2.05, 4.69) is 4.74 Å². The summed E-state index contributed by atoms with van der Waals surface area (Å²) in [4.78, 5) is 11.6. The molecule has 0 saturated heterocycles. The molecule has 0 atom stereocenters. The predicted molar refractivity (Wildman–Crippen MR) is 66.8 cm³/mol. The van der Waals surface area contributed by atoms with Crippen LogP contribution in [0.4, 0.5) is 17.6 Å². The molecule has 1 rings (SSSR count). The summed E-state index contributed by atoms with van der Waals surface area (Å²) in [6.45, 7) is 5.43. The molecule has 0 aliphatic heterocycles. The fourth-order valence-corrected chi connectivity index (χ4v) is 1.57. The third-order valence-electron chi connectivity index (χ3n) is 2.55. The van der Waals surface area contributed by atoms with Crippen LogP contribution in [0.2, 0.25) is 0 Å². The Bertz CT molecular complexity index is 503. The third kappa shape index (κ3) is 4.70. The number of ether oxygens (including phenoxy) is 2. The zero-order valence-corrected chi connectivity index (χ0v) is 11.9. The van der Waals surface area contributed by atoms with Crippen molar-refractivity contribution in [1.29, 1.82) is 0 Å². The van der Waals surface area contributed by atoms with E-state index in [1.54, 1.807) is 13.8 Å². The van der Waals surface area contributed by atoms with Gasteiger partial charge in [-0.1, -0.05) is 6.92 Å². The minimum Gasteiger partial charge on any atom is -0.420 e. The lowest BCUT2D eigenvalue weighted by Gasteiger charge is -2.24. The number of rotatable bonds is 6. The first-order valence-electron chi connectivity index (χ1n) is 6.35. The lowest BCUT2D eigenvalue weighted by Crippen LogP contribution is -2.30. The molecule has 0 unspecified atom stereocenters. The van der Waals surface area contributed by atoms with Crippen molar-refractivity contribution in [2.45, 2.75) is 39.2 Å². The molecule has 7 heteroatoms. The first kappa shape index (κ1) is 17.4. The summed E-state index contributed by atoms with van der Waals surface area (Å²) < 4.78 is 62.4. The molecule has 1 aromatic carbocycles. The first-order chi connectivity index (χ1) is 9.68. The second-order valence-electron chi connectivity index (χ2n) is 5.06. The maximum Gasteiger partial charge on any atom is 0.314 e. The fourth-order valence-electron chi connectivity index (χ4n) is 1.57. The van der Waals surface area contributed by atoms with Crippen LogP contribution in [0.5, 0.6) is 5.75 Å². The van der Waals surface area contributed by atoms with Crippen molar-refractivity contribution < 1.29 is 31.8 Å². The highest BCUT2D eigenvalue weighted by molar-refractivity contribution is 5.73. The lowest BCUT2D eigenvalue weighted by atomic mass is 10.1. The van der Waals surface area contributed by atoms with Crippen LogP contribution in [0.1, 0.15) is 33.6 Å². The van der Waals surface area contributed by atoms with Gasteiger partial charge in [-0.2, -0.15) is 8.78 Å². The minimum absolute atomic E-state index is 0.0380. The van der Waals surface area contributed by atoms with Crippen LogP contribution >= 0.6 is 0 Å². The first-order valence-corrected chi connectivity index (χ1v) is 6.35. The monoisotopic (exact) mass is 308 g/mol. The second kappa shape index (κ2) is 6.89. The summed E-state index contributed by atoms with van der Waals surface area (Å²) in [5.41, 5.74) is -0.925. The molecule has 1 aromatic rings. The molecule has 118 valence electrons. The van der Waals surface area contributed by atoms with E-state index in [1.807, 2.05) is 6.92 Å². The Morgan fingerprint density at radius 2 is 1.67 bits per heavy atom. The van der Waals surface area contributed by atoms with E-state index in [1.165, 1.54) is 0 Å². The van der Waals surface area contributed by atoms with E-state index < -0.39 is 40.6 Å². The summed E-state index contributed by atoms with van der Waals surface area (Å²) in [7, 11) is 0. The molecular formula is C14H16F4O3. The zero-order valence-electron chi connectivity index (χ0n) is 11.9. The van der Waals surface area contributed by atoms with Crippen LogP contribution in [0, 0.1) is 23.3 Å². The molecular weight excluding hydrogens is 292 g/mol. The summed E-state index contributed by atoms with van der Waals surface area (Å²) in [6, 6.07) is 0.0380. The van der Waals surface area contributed by atoms with Crippen LogP contribution in [-0.2, 0) is 9.53 Å². The quantitative estimate of drug-likeness (QED) is 0.347. The number of carbonyl (C=O) groups excluding carboxylic acids is 1. The fraction of sp³-hybridized carbons (Fsp3) is 0.500. The van der Waals surface area contributed by atoms with Gasteiger partial charge in [0.2, 0.25) is 17.4 Å². The molecule has 3 nitrogen and oxygen atoms in total. The van der Waals surface area contributed by atoms with Gasteiger partial charge < -0.3 is 9.47 Å². The van der Waals surface area contributed by atoms with Crippen LogP contribution in [0.3, 0.4) is 0 Å². The Labute approximate surface area is 119 Å². The van der Waals surface area contributed by atoms with Crippen molar-refractivity contribution in [2.24, 2.45) is 0 Å². The highest BCUT2D eigenvalue weighted by Gasteiger charge is 2.27. The van der Waals surface area contributed by atoms with Gasteiger partial charge in [0, 0.05) is 12.7 Å². The van der Waals surface area contributed by atoms with E-state index in [0.29, 0.717) is 6.61 Å². The van der Waals surface area contributed by atoms with Crippen molar-refractivity contribution in [1.82, 2.24) is 0 Å². The smallest absolute Gasteiger partial charge is 0.314 e. The maximum atomic E-state index is 13.3. The molecule has 0 amide bonds. The topological polar surface area (TPSA) is 35.5 Å². The van der Waals surface area contributed by atoms with Crippen molar-refractivity contribution in [3.8, 4) is 5.75 Å². The van der Waals surface area contributed by atoms with Crippen LogP contribution in [-0.4, -0.2) is 18.2 Å². The second-order valence-corrected chi connectivity index (χ2v) is 5.06. The molecule has 0 aliphatic carbocycles. The number of hydrogen-bond donors (Lipinski definition) is 0. The Balaban J connectivity index is 2.85. The normalized spacial score (nSPS) is 11.6. The van der Waals surface area contributed by atoms with Gasteiger partial charge >= 0.3 is 5.97 Å². The average Bonchev–Trinajstić information content (AvgIpc) is 2.38. The van der Waals surface area contributed by atoms with Gasteiger partial charge in [-0.05, 0) is 20.3 Å². The van der Waals surface area contributed by atoms with E-state index in [0.717, 1.165) is 6.42 Å². The van der Waals surface area contributed by atoms with Crippen molar-refractivity contribution in [3.05, 3.63) is 29.3 Å². The minimum atomic E-state index is -1.76. The number of esters is 1. The number of hydrogen-bond acceptors (Lipinski definition) is 3. The predicted octanol–water partition coefficient (Wildman–Crippen LogP) is 3.74. The van der Waals surface area contributed by atoms with Gasteiger partial charge in [-0.25, -0.2) is 8.78 Å². The summed E-state index contributed by atoms with van der Waals surface area (Å²) in [5.74, 6) is -9.23. The molecule has 0 spiro atoms. The van der Waals surface area contributed by atoms with Crippen LogP contribution in [0.15, 0.2) is 6.07 Å². The highest BCUT2D eigenvalue weighted by atomic mass is 19.2. The van der Waals surface area contributed by atoms with Gasteiger partial charge in [0.25, 0.3) is 0 Å². The molecule has 0 aliphatic rings. The molecule has 0 N–H and O–H groups in total. The highest BCUT2D eigenvalue weighted by Crippen LogP contribution is 2.27. The van der Waals surface area contributed by atoms with Crippen molar-refractivity contribution >= 4 is 5.97 Å². The van der Waals surface area contributed by atoms with Gasteiger partial charge in [-0.3, -0.25) is 4.79 Å². The number of benzene rings is 1. The maximum absolute atomic E-state index is 13.3. The molecule has 0 aromatic heterocycles. The van der Waals surface area contributed by atoms with Gasteiger partial charge in [0.1, 0.15) is 0 Å². The van der Waals surface area contributed by atoms with Crippen molar-refractivity contribution in [2.75, 3.05) is 6.61 Å². The summed E-state index contributed by atoms with van der Waals surface area (Å²) in [6.07, 6.45) is 0.390. The van der Waals surface area contributed by atoms with E-state index >= 15 is 0 Å². The lowest BCUT2D eigenvalue weighted by molar-refractivity contribution is -0.141. The third-order valence-corrected chi connectivity index (χ3v) is 2.55. The van der Waals surface area contributed by atoms with Gasteiger partial charge in [0.15, 0.2) is 11.6 Å². The van der Waals surface area contributed by atoms with Crippen LogP contribution < -0.4 is 4.74 Å². The van der Waals surface area contributed by atoms with Gasteiger partial charge in [-0.15, -0.1) is 0 Å². The van der Waals surface area contributed by atoms with E-state index in [9.17, 15) is 22.4 Å². The van der Waals surface area contributed by atoms with Crippen molar-refractivity contribution in [3.63, 3.8) is 0 Å². The van der Waals surface area contributed by atoms with E-state index in [-0.39, 0.29) is 12.5 Å². The standard InChI is InChI=1S/C14H16F4O3/c1-4-5-20-14(2,3)7-10(19)21-13-11(17)8(15)6-9(16)12(13)18/h6H,4-5,7H2,1-3H3. The van der Waals surface area contributed by atoms with Crippen LogP contribution in [0.25, 0.3) is 0 Å². The number of halogens is 4. The van der Waals surface area contributed by atoms with Gasteiger partial charge in [0.05, 0.1) is 12.0 Å².